The largest absolute Gasteiger partial charge is 0.493 e. The third-order valence-electron chi connectivity index (χ3n) is 3.64. The number of carbonyl (C=O) groups excluding carboxylic acids is 1. The van der Waals surface area contributed by atoms with Crippen molar-refractivity contribution in [3.05, 3.63) is 23.8 Å². The fourth-order valence-corrected chi connectivity index (χ4v) is 2.63. The lowest BCUT2D eigenvalue weighted by molar-refractivity contribution is 0.0942. The number of primary sulfonamides is 1. The Morgan fingerprint density at radius 2 is 2.10 bits per heavy atom. The summed E-state index contributed by atoms with van der Waals surface area (Å²) < 4.78 is 28.2. The van der Waals surface area contributed by atoms with Crippen molar-refractivity contribution in [2.24, 2.45) is 10.6 Å². The highest BCUT2D eigenvalue weighted by Gasteiger charge is 2.46. The van der Waals surface area contributed by atoms with Gasteiger partial charge in [0.1, 0.15) is 5.75 Å². The van der Waals surface area contributed by atoms with Crippen LogP contribution in [0.1, 0.15) is 37.6 Å². The van der Waals surface area contributed by atoms with Gasteiger partial charge in [0.2, 0.25) is 10.0 Å². The fourth-order valence-electron chi connectivity index (χ4n) is 2.09. The first-order valence-corrected chi connectivity index (χ1v) is 8.30. The summed E-state index contributed by atoms with van der Waals surface area (Å²) in [5, 5.41) is 7.99. The molecule has 0 spiro atoms. The van der Waals surface area contributed by atoms with E-state index in [0.717, 1.165) is 6.42 Å². The predicted molar refractivity (Wildman–Crippen MR) is 78.6 cm³/mol. The molecule has 21 heavy (non-hydrogen) atoms. The summed E-state index contributed by atoms with van der Waals surface area (Å²) in [6.45, 7) is 6.29. The molecule has 2 rings (SSSR count). The first-order valence-electron chi connectivity index (χ1n) is 6.75. The third kappa shape index (κ3) is 3.54. The van der Waals surface area contributed by atoms with Gasteiger partial charge in [-0.1, -0.05) is 13.8 Å². The van der Waals surface area contributed by atoms with Gasteiger partial charge in [-0.25, -0.2) is 13.6 Å². The van der Waals surface area contributed by atoms with E-state index < -0.39 is 10.0 Å². The Morgan fingerprint density at radius 1 is 1.48 bits per heavy atom. The number of rotatable bonds is 5. The molecular formula is C14H20N2O4S. The maximum absolute atomic E-state index is 12.3. The highest BCUT2D eigenvalue weighted by molar-refractivity contribution is 7.89. The van der Waals surface area contributed by atoms with Crippen molar-refractivity contribution >= 4 is 15.9 Å². The van der Waals surface area contributed by atoms with Crippen LogP contribution < -0.4 is 15.2 Å². The zero-order valence-electron chi connectivity index (χ0n) is 12.3. The lowest BCUT2D eigenvalue weighted by Gasteiger charge is -2.12. The van der Waals surface area contributed by atoms with Crippen LogP contribution in [0.4, 0.5) is 0 Å². The van der Waals surface area contributed by atoms with Crippen molar-refractivity contribution in [3.8, 4) is 5.75 Å². The Labute approximate surface area is 124 Å². The van der Waals surface area contributed by atoms with E-state index in [1.165, 1.54) is 18.2 Å². The van der Waals surface area contributed by atoms with Crippen molar-refractivity contribution in [2.75, 3.05) is 6.61 Å². The summed E-state index contributed by atoms with van der Waals surface area (Å²) in [6, 6.07) is 4.14. The van der Waals surface area contributed by atoms with Gasteiger partial charge < -0.3 is 10.1 Å². The topological polar surface area (TPSA) is 98.5 Å². The minimum atomic E-state index is -3.86. The van der Waals surface area contributed by atoms with Gasteiger partial charge in [0.05, 0.1) is 17.1 Å². The minimum Gasteiger partial charge on any atom is -0.493 e. The first kappa shape index (κ1) is 15.8. The predicted octanol–water partition coefficient (Wildman–Crippen LogP) is 1.26. The highest BCUT2D eigenvalue weighted by Crippen LogP contribution is 2.44. The molecule has 1 atom stereocenters. The van der Waals surface area contributed by atoms with Crippen LogP contribution in [-0.2, 0) is 10.0 Å². The normalized spacial score (nSPS) is 19.9. The molecule has 1 aliphatic rings. The lowest BCUT2D eigenvalue weighted by atomic mass is 10.1. The fraction of sp³-hybridized carbons (Fsp3) is 0.500. The van der Waals surface area contributed by atoms with E-state index >= 15 is 0 Å². The molecule has 0 heterocycles. The van der Waals surface area contributed by atoms with Crippen LogP contribution in [0.25, 0.3) is 0 Å². The van der Waals surface area contributed by atoms with Crippen LogP contribution in [-0.4, -0.2) is 27.0 Å². The van der Waals surface area contributed by atoms with Crippen molar-refractivity contribution in [3.63, 3.8) is 0 Å². The van der Waals surface area contributed by atoms with E-state index in [1.54, 1.807) is 6.92 Å². The zero-order valence-corrected chi connectivity index (χ0v) is 13.2. The summed E-state index contributed by atoms with van der Waals surface area (Å²) in [5.74, 6) is 0.000353. The molecule has 116 valence electrons. The van der Waals surface area contributed by atoms with Crippen LogP contribution in [0.3, 0.4) is 0 Å². The molecule has 6 nitrogen and oxygen atoms in total. The van der Waals surface area contributed by atoms with Gasteiger partial charge in [0.25, 0.3) is 5.91 Å². The van der Waals surface area contributed by atoms with Crippen LogP contribution in [0, 0.1) is 5.41 Å². The van der Waals surface area contributed by atoms with Crippen LogP contribution in [0.2, 0.25) is 0 Å². The summed E-state index contributed by atoms with van der Waals surface area (Å²) in [5.41, 5.74) is 0.269. The maximum atomic E-state index is 12.3. The number of hydrogen-bond donors (Lipinski definition) is 2. The maximum Gasteiger partial charge on any atom is 0.255 e. The van der Waals surface area contributed by atoms with Crippen molar-refractivity contribution in [1.29, 1.82) is 0 Å². The smallest absolute Gasteiger partial charge is 0.255 e. The second-order valence-electron chi connectivity index (χ2n) is 5.85. The van der Waals surface area contributed by atoms with E-state index in [4.69, 9.17) is 9.88 Å². The molecule has 1 unspecified atom stereocenters. The molecular weight excluding hydrogens is 292 g/mol. The monoisotopic (exact) mass is 312 g/mol. The Balaban J connectivity index is 2.32. The Bertz CT molecular complexity index is 668. The molecule has 1 aliphatic carbocycles. The molecule has 3 N–H and O–H groups in total. The SMILES string of the molecule is CCOc1ccc(S(N)(=O)=O)cc1C(=O)NC1CC1(C)C. The standard InChI is InChI=1S/C14H20N2O4S/c1-4-20-11-6-5-9(21(15,18)19)7-10(11)13(17)16-12-8-14(12,2)3/h5-7,12H,4,8H2,1-3H3,(H,16,17)(H2,15,18,19). The number of nitrogens with one attached hydrogen (secondary N) is 1. The van der Waals surface area contributed by atoms with E-state index in [1.807, 2.05) is 0 Å². The number of carbonyl (C=O) groups is 1. The summed E-state index contributed by atoms with van der Waals surface area (Å²) in [6.07, 6.45) is 0.900. The summed E-state index contributed by atoms with van der Waals surface area (Å²) >= 11 is 0. The molecule has 0 aromatic heterocycles. The summed E-state index contributed by atoms with van der Waals surface area (Å²) in [4.78, 5) is 12.2. The second-order valence-corrected chi connectivity index (χ2v) is 7.42. The Kier molecular flexibility index (Phi) is 3.99. The second kappa shape index (κ2) is 5.31. The van der Waals surface area contributed by atoms with Gasteiger partial charge >= 0.3 is 0 Å². The number of amides is 1. The molecule has 1 saturated carbocycles. The van der Waals surface area contributed by atoms with E-state index in [9.17, 15) is 13.2 Å². The molecule has 1 amide bonds. The molecule has 1 aromatic rings. The van der Waals surface area contributed by atoms with Crippen molar-refractivity contribution in [1.82, 2.24) is 5.32 Å². The zero-order chi connectivity index (χ0) is 15.8. The van der Waals surface area contributed by atoms with Gasteiger partial charge in [-0.15, -0.1) is 0 Å². The van der Waals surface area contributed by atoms with E-state index in [0.29, 0.717) is 12.4 Å². The number of benzene rings is 1. The Morgan fingerprint density at radius 3 is 2.57 bits per heavy atom. The van der Waals surface area contributed by atoms with Gasteiger partial charge in [0.15, 0.2) is 0 Å². The quantitative estimate of drug-likeness (QED) is 0.855. The molecule has 0 radical (unpaired) electrons. The minimum absolute atomic E-state index is 0.0823. The van der Waals surface area contributed by atoms with Crippen LogP contribution >= 0.6 is 0 Å². The molecule has 1 fully saturated rings. The van der Waals surface area contributed by atoms with Crippen molar-refractivity contribution in [2.45, 2.75) is 38.1 Å². The molecule has 7 heteroatoms. The average Bonchev–Trinajstić information content (AvgIpc) is 2.95. The lowest BCUT2D eigenvalue weighted by Crippen LogP contribution is -2.29. The third-order valence-corrected chi connectivity index (χ3v) is 4.55. The number of sulfonamides is 1. The summed E-state index contributed by atoms with van der Waals surface area (Å²) in [7, 11) is -3.86. The van der Waals surface area contributed by atoms with E-state index in [2.05, 4.69) is 19.2 Å². The van der Waals surface area contributed by atoms with E-state index in [-0.39, 0.29) is 27.8 Å². The Hall–Kier alpha value is -1.60. The van der Waals surface area contributed by atoms with Gasteiger partial charge in [-0.2, -0.15) is 0 Å². The number of hydrogen-bond acceptors (Lipinski definition) is 4. The van der Waals surface area contributed by atoms with Crippen LogP contribution in [0.15, 0.2) is 23.1 Å². The number of nitrogens with two attached hydrogens (primary N) is 1. The highest BCUT2D eigenvalue weighted by atomic mass is 32.2. The van der Waals surface area contributed by atoms with Gasteiger partial charge in [-0.05, 0) is 37.0 Å². The average molecular weight is 312 g/mol. The van der Waals surface area contributed by atoms with Crippen molar-refractivity contribution < 1.29 is 17.9 Å². The van der Waals surface area contributed by atoms with Gasteiger partial charge in [-0.3, -0.25) is 4.79 Å². The molecule has 1 aromatic carbocycles. The number of ether oxygens (including phenoxy) is 1. The molecule has 0 aliphatic heterocycles. The molecule has 0 saturated heterocycles. The first-order chi connectivity index (χ1) is 9.65. The van der Waals surface area contributed by atoms with Gasteiger partial charge in [0, 0.05) is 6.04 Å². The molecule has 0 bridgehead atoms. The van der Waals surface area contributed by atoms with Crippen LogP contribution in [0.5, 0.6) is 5.75 Å².